The fraction of sp³-hybridized carbons (Fsp3) is 0.167. The SMILES string of the molecule is O=C(CSc1nnc(NCc2ccccc2)s1)Nc1ccc(C(F)(F)F)cc1. The highest BCUT2D eigenvalue weighted by Gasteiger charge is 2.29. The van der Waals surface area contributed by atoms with Gasteiger partial charge in [-0.25, -0.2) is 0 Å². The smallest absolute Gasteiger partial charge is 0.356 e. The van der Waals surface area contributed by atoms with Gasteiger partial charge in [-0.05, 0) is 29.8 Å². The number of thioether (sulfide) groups is 1. The Hall–Kier alpha value is -2.59. The molecule has 1 heterocycles. The molecule has 2 N–H and O–H groups in total. The number of halogens is 3. The van der Waals surface area contributed by atoms with Gasteiger partial charge in [0.25, 0.3) is 0 Å². The van der Waals surface area contributed by atoms with Crippen molar-refractivity contribution < 1.29 is 18.0 Å². The molecule has 0 atom stereocenters. The second kappa shape index (κ2) is 9.07. The summed E-state index contributed by atoms with van der Waals surface area (Å²) < 4.78 is 38.2. The number of hydrogen-bond donors (Lipinski definition) is 2. The molecule has 3 rings (SSSR count). The number of carbonyl (C=O) groups excluding carboxylic acids is 1. The van der Waals surface area contributed by atoms with Gasteiger partial charge in [0.15, 0.2) is 4.34 Å². The average molecular weight is 424 g/mol. The third-order valence-corrected chi connectivity index (χ3v) is 5.53. The molecular formula is C18H15F3N4OS2. The van der Waals surface area contributed by atoms with Crippen LogP contribution in [0, 0.1) is 0 Å². The number of nitrogens with zero attached hydrogens (tertiary/aromatic N) is 2. The minimum atomic E-state index is -4.40. The monoisotopic (exact) mass is 424 g/mol. The summed E-state index contributed by atoms with van der Waals surface area (Å²) in [5.41, 5.74) is 0.660. The van der Waals surface area contributed by atoms with Gasteiger partial charge in [0.1, 0.15) is 0 Å². The summed E-state index contributed by atoms with van der Waals surface area (Å²) in [5.74, 6) is -0.257. The molecule has 0 saturated heterocycles. The second-order valence-electron chi connectivity index (χ2n) is 5.62. The zero-order chi connectivity index (χ0) is 20.0. The summed E-state index contributed by atoms with van der Waals surface area (Å²) >= 11 is 2.54. The minimum Gasteiger partial charge on any atom is -0.356 e. The number of rotatable bonds is 7. The first-order chi connectivity index (χ1) is 13.4. The lowest BCUT2D eigenvalue weighted by Crippen LogP contribution is -2.14. The van der Waals surface area contributed by atoms with Crippen LogP contribution in [0.2, 0.25) is 0 Å². The minimum absolute atomic E-state index is 0.0777. The lowest BCUT2D eigenvalue weighted by Gasteiger charge is -2.08. The van der Waals surface area contributed by atoms with Gasteiger partial charge >= 0.3 is 6.18 Å². The molecule has 0 radical (unpaired) electrons. The molecular weight excluding hydrogens is 409 g/mol. The van der Waals surface area contributed by atoms with E-state index in [0.29, 0.717) is 21.7 Å². The van der Waals surface area contributed by atoms with Crippen LogP contribution < -0.4 is 10.6 Å². The predicted octanol–water partition coefficient (Wildman–Crippen LogP) is 4.90. The van der Waals surface area contributed by atoms with E-state index >= 15 is 0 Å². The van der Waals surface area contributed by atoms with Crippen LogP contribution >= 0.6 is 23.1 Å². The van der Waals surface area contributed by atoms with E-state index < -0.39 is 11.7 Å². The Kier molecular flexibility index (Phi) is 6.53. The van der Waals surface area contributed by atoms with Gasteiger partial charge in [-0.2, -0.15) is 13.2 Å². The highest BCUT2D eigenvalue weighted by molar-refractivity contribution is 8.01. The van der Waals surface area contributed by atoms with Gasteiger partial charge < -0.3 is 10.6 Å². The van der Waals surface area contributed by atoms with Crippen LogP contribution in [-0.2, 0) is 17.5 Å². The molecule has 0 fully saturated rings. The zero-order valence-electron chi connectivity index (χ0n) is 14.4. The number of carbonyl (C=O) groups is 1. The van der Waals surface area contributed by atoms with Crippen LogP contribution in [0.4, 0.5) is 24.0 Å². The van der Waals surface area contributed by atoms with Crippen molar-refractivity contribution in [2.24, 2.45) is 0 Å². The molecule has 1 aromatic heterocycles. The number of benzene rings is 2. The Balaban J connectivity index is 1.45. The summed E-state index contributed by atoms with van der Waals surface area (Å²) in [6, 6.07) is 14.1. The quantitative estimate of drug-likeness (QED) is 0.528. The van der Waals surface area contributed by atoms with Crippen LogP contribution in [0.3, 0.4) is 0 Å². The molecule has 0 saturated carbocycles. The van der Waals surface area contributed by atoms with E-state index in [9.17, 15) is 18.0 Å². The van der Waals surface area contributed by atoms with Crippen LogP contribution in [0.1, 0.15) is 11.1 Å². The second-order valence-corrected chi connectivity index (χ2v) is 7.82. The molecule has 3 aromatic rings. The van der Waals surface area contributed by atoms with Crippen molar-refractivity contribution >= 4 is 39.8 Å². The normalized spacial score (nSPS) is 11.2. The van der Waals surface area contributed by atoms with E-state index in [1.165, 1.54) is 35.2 Å². The predicted molar refractivity (Wildman–Crippen MR) is 104 cm³/mol. The Labute approximate surface area is 167 Å². The molecule has 1 amide bonds. The van der Waals surface area contributed by atoms with Crippen molar-refractivity contribution in [2.75, 3.05) is 16.4 Å². The van der Waals surface area contributed by atoms with Gasteiger partial charge in [0.05, 0.1) is 11.3 Å². The molecule has 5 nitrogen and oxygen atoms in total. The van der Waals surface area contributed by atoms with Gasteiger partial charge in [0.2, 0.25) is 11.0 Å². The molecule has 146 valence electrons. The summed E-state index contributed by atoms with van der Waals surface area (Å²) in [7, 11) is 0. The zero-order valence-corrected chi connectivity index (χ0v) is 16.0. The Morgan fingerprint density at radius 3 is 2.43 bits per heavy atom. The van der Waals surface area contributed by atoms with Gasteiger partial charge in [-0.1, -0.05) is 53.4 Å². The van der Waals surface area contributed by atoms with Crippen molar-refractivity contribution in [1.82, 2.24) is 10.2 Å². The van der Waals surface area contributed by atoms with Gasteiger partial charge in [-0.3, -0.25) is 4.79 Å². The van der Waals surface area contributed by atoms with E-state index in [1.54, 1.807) is 0 Å². The first kappa shape index (κ1) is 20.2. The fourth-order valence-electron chi connectivity index (χ4n) is 2.18. The molecule has 0 spiro atoms. The highest BCUT2D eigenvalue weighted by atomic mass is 32.2. The number of amides is 1. The van der Waals surface area contributed by atoms with Gasteiger partial charge in [0, 0.05) is 12.2 Å². The summed E-state index contributed by atoms with van der Waals surface area (Å²) in [6.45, 7) is 0.620. The number of anilines is 2. The molecule has 0 unspecified atom stereocenters. The molecule has 10 heteroatoms. The first-order valence-corrected chi connectivity index (χ1v) is 9.91. The third-order valence-electron chi connectivity index (χ3n) is 3.52. The Bertz CT molecular complexity index is 915. The number of alkyl halides is 3. The van der Waals surface area contributed by atoms with E-state index in [4.69, 9.17) is 0 Å². The number of hydrogen-bond acceptors (Lipinski definition) is 6. The lowest BCUT2D eigenvalue weighted by molar-refractivity contribution is -0.137. The van der Waals surface area contributed by atoms with Crippen molar-refractivity contribution in [3.8, 4) is 0 Å². The number of aromatic nitrogens is 2. The maximum atomic E-state index is 12.5. The molecule has 0 aliphatic carbocycles. The standard InChI is InChI=1S/C18H15F3N4OS2/c19-18(20,21)13-6-8-14(9-7-13)23-15(26)11-27-17-25-24-16(28-17)22-10-12-4-2-1-3-5-12/h1-9H,10-11H2,(H,22,24)(H,23,26). The fourth-order valence-corrected chi connectivity index (χ4v) is 3.73. The molecule has 0 aliphatic rings. The van der Waals surface area contributed by atoms with E-state index in [-0.39, 0.29) is 11.7 Å². The van der Waals surface area contributed by atoms with Crippen molar-refractivity contribution in [1.29, 1.82) is 0 Å². The lowest BCUT2D eigenvalue weighted by atomic mass is 10.2. The van der Waals surface area contributed by atoms with Crippen LogP contribution in [0.5, 0.6) is 0 Å². The van der Waals surface area contributed by atoms with Crippen molar-refractivity contribution in [2.45, 2.75) is 17.1 Å². The summed E-state index contributed by atoms with van der Waals surface area (Å²) in [6.07, 6.45) is -4.40. The molecule has 0 bridgehead atoms. The summed E-state index contributed by atoms with van der Waals surface area (Å²) in [4.78, 5) is 12.0. The molecule has 2 aromatic carbocycles. The average Bonchev–Trinajstić information content (AvgIpc) is 3.13. The first-order valence-electron chi connectivity index (χ1n) is 8.11. The molecule has 0 aliphatic heterocycles. The van der Waals surface area contributed by atoms with Gasteiger partial charge in [-0.15, -0.1) is 10.2 Å². The topological polar surface area (TPSA) is 66.9 Å². The Morgan fingerprint density at radius 1 is 1.04 bits per heavy atom. The van der Waals surface area contributed by atoms with Crippen LogP contribution in [0.15, 0.2) is 58.9 Å². The number of nitrogens with one attached hydrogen (secondary N) is 2. The Morgan fingerprint density at radius 2 is 1.75 bits per heavy atom. The maximum absolute atomic E-state index is 12.5. The third kappa shape index (κ3) is 5.96. The van der Waals surface area contributed by atoms with Crippen LogP contribution in [0.25, 0.3) is 0 Å². The largest absolute Gasteiger partial charge is 0.416 e. The van der Waals surface area contributed by atoms with Crippen LogP contribution in [-0.4, -0.2) is 21.9 Å². The van der Waals surface area contributed by atoms with E-state index in [1.807, 2.05) is 30.3 Å². The summed E-state index contributed by atoms with van der Waals surface area (Å²) in [5, 5.41) is 14.4. The molecule has 28 heavy (non-hydrogen) atoms. The van der Waals surface area contributed by atoms with E-state index in [2.05, 4.69) is 20.8 Å². The van der Waals surface area contributed by atoms with E-state index in [0.717, 1.165) is 17.7 Å². The highest BCUT2D eigenvalue weighted by Crippen LogP contribution is 2.30. The maximum Gasteiger partial charge on any atom is 0.416 e. The van der Waals surface area contributed by atoms with Crippen molar-refractivity contribution in [3.05, 3.63) is 65.7 Å². The van der Waals surface area contributed by atoms with Crippen molar-refractivity contribution in [3.63, 3.8) is 0 Å².